The van der Waals surface area contributed by atoms with Gasteiger partial charge < -0.3 is 5.32 Å². The van der Waals surface area contributed by atoms with Gasteiger partial charge in [-0.25, -0.2) is 4.98 Å². The van der Waals surface area contributed by atoms with Gasteiger partial charge in [-0.2, -0.15) is 5.10 Å². The fourth-order valence-corrected chi connectivity index (χ4v) is 2.21. The SMILES string of the molecule is C[C@@H](Cn1cncn1)NC(=O)c1cccc(Br)c1Cl. The van der Waals surface area contributed by atoms with Gasteiger partial charge in [-0.3, -0.25) is 9.48 Å². The topological polar surface area (TPSA) is 59.8 Å². The second-order valence-corrected chi connectivity index (χ2v) is 5.33. The number of halogens is 2. The van der Waals surface area contributed by atoms with Crippen LogP contribution in [0.5, 0.6) is 0 Å². The minimum atomic E-state index is -0.209. The molecule has 1 amide bonds. The lowest BCUT2D eigenvalue weighted by Crippen LogP contribution is -2.36. The van der Waals surface area contributed by atoms with Crippen molar-refractivity contribution in [1.29, 1.82) is 0 Å². The highest BCUT2D eigenvalue weighted by molar-refractivity contribution is 9.10. The molecule has 7 heteroatoms. The molecule has 1 heterocycles. The number of hydrogen-bond acceptors (Lipinski definition) is 3. The lowest BCUT2D eigenvalue weighted by Gasteiger charge is -2.14. The van der Waals surface area contributed by atoms with Crippen LogP contribution in [0, 0.1) is 0 Å². The first kappa shape index (κ1) is 14.0. The summed E-state index contributed by atoms with van der Waals surface area (Å²) in [6.07, 6.45) is 3.06. The summed E-state index contributed by atoms with van der Waals surface area (Å²) >= 11 is 9.37. The van der Waals surface area contributed by atoms with E-state index >= 15 is 0 Å². The molecule has 5 nitrogen and oxygen atoms in total. The first-order chi connectivity index (χ1) is 9.08. The highest BCUT2D eigenvalue weighted by Crippen LogP contribution is 2.25. The number of carbonyl (C=O) groups is 1. The maximum Gasteiger partial charge on any atom is 0.253 e. The molecule has 1 aromatic carbocycles. The number of nitrogens with one attached hydrogen (secondary N) is 1. The number of aromatic nitrogens is 3. The summed E-state index contributed by atoms with van der Waals surface area (Å²) in [6.45, 7) is 2.45. The van der Waals surface area contributed by atoms with Crippen molar-refractivity contribution in [3.63, 3.8) is 0 Å². The molecule has 2 aromatic rings. The lowest BCUT2D eigenvalue weighted by molar-refractivity contribution is 0.0936. The van der Waals surface area contributed by atoms with Crippen LogP contribution < -0.4 is 5.32 Å². The first-order valence-electron chi connectivity index (χ1n) is 5.65. The zero-order valence-corrected chi connectivity index (χ0v) is 12.5. The minimum Gasteiger partial charge on any atom is -0.348 e. The Hall–Kier alpha value is -1.40. The van der Waals surface area contributed by atoms with Crippen molar-refractivity contribution in [2.24, 2.45) is 0 Å². The second-order valence-electron chi connectivity index (χ2n) is 4.09. The first-order valence-corrected chi connectivity index (χ1v) is 6.82. The molecule has 2 rings (SSSR count). The minimum absolute atomic E-state index is 0.0794. The number of hydrogen-bond donors (Lipinski definition) is 1. The second kappa shape index (κ2) is 6.16. The molecule has 0 radical (unpaired) electrons. The Bertz CT molecular complexity index is 573. The zero-order valence-electron chi connectivity index (χ0n) is 10.2. The van der Waals surface area contributed by atoms with E-state index < -0.39 is 0 Å². The predicted octanol–water partition coefficient (Wildman–Crippen LogP) is 2.51. The van der Waals surface area contributed by atoms with Crippen molar-refractivity contribution in [2.75, 3.05) is 0 Å². The van der Waals surface area contributed by atoms with E-state index in [9.17, 15) is 4.79 Å². The molecule has 0 saturated heterocycles. The number of carbonyl (C=O) groups excluding carboxylic acids is 1. The Kier molecular flexibility index (Phi) is 4.55. The third-order valence-electron chi connectivity index (χ3n) is 2.50. The third kappa shape index (κ3) is 3.54. The van der Waals surface area contributed by atoms with E-state index in [0.717, 1.165) is 0 Å². The van der Waals surface area contributed by atoms with Crippen LogP contribution in [0.3, 0.4) is 0 Å². The van der Waals surface area contributed by atoms with Gasteiger partial charge in [0, 0.05) is 10.5 Å². The standard InChI is InChI=1S/C12H12BrClN4O/c1-8(5-18-7-15-6-16-18)17-12(19)9-3-2-4-10(13)11(9)14/h2-4,6-8H,5H2,1H3,(H,17,19)/t8-/m0/s1. The number of rotatable bonds is 4. The number of benzene rings is 1. The van der Waals surface area contributed by atoms with Crippen molar-refractivity contribution in [3.8, 4) is 0 Å². The van der Waals surface area contributed by atoms with E-state index in [2.05, 4.69) is 31.3 Å². The molecule has 100 valence electrons. The normalized spacial score (nSPS) is 12.2. The highest BCUT2D eigenvalue weighted by atomic mass is 79.9. The Morgan fingerprint density at radius 2 is 2.37 bits per heavy atom. The molecule has 0 saturated carbocycles. The maximum atomic E-state index is 12.1. The fourth-order valence-electron chi connectivity index (χ4n) is 1.63. The molecule has 0 aliphatic carbocycles. The summed E-state index contributed by atoms with van der Waals surface area (Å²) in [5.74, 6) is -0.209. The van der Waals surface area contributed by atoms with E-state index in [1.165, 1.54) is 6.33 Å². The summed E-state index contributed by atoms with van der Waals surface area (Å²) in [6, 6.07) is 5.17. The van der Waals surface area contributed by atoms with Gasteiger partial charge in [0.05, 0.1) is 17.1 Å². The summed E-state index contributed by atoms with van der Waals surface area (Å²) in [5.41, 5.74) is 0.446. The van der Waals surface area contributed by atoms with Crippen LogP contribution in [0.2, 0.25) is 5.02 Å². The van der Waals surface area contributed by atoms with E-state index in [4.69, 9.17) is 11.6 Å². The average Bonchev–Trinajstić information content (AvgIpc) is 2.85. The van der Waals surface area contributed by atoms with Crippen molar-refractivity contribution >= 4 is 33.4 Å². The van der Waals surface area contributed by atoms with E-state index in [1.54, 1.807) is 29.2 Å². The Morgan fingerprint density at radius 3 is 3.05 bits per heavy atom. The van der Waals surface area contributed by atoms with Crippen LogP contribution in [0.15, 0.2) is 35.3 Å². The molecule has 0 aliphatic rings. The smallest absolute Gasteiger partial charge is 0.253 e. The van der Waals surface area contributed by atoms with Crippen molar-refractivity contribution in [3.05, 3.63) is 45.9 Å². The van der Waals surface area contributed by atoms with Crippen molar-refractivity contribution in [1.82, 2.24) is 20.1 Å². The van der Waals surface area contributed by atoms with Crippen LogP contribution in [0.4, 0.5) is 0 Å². The van der Waals surface area contributed by atoms with Gasteiger partial charge in [-0.05, 0) is 35.0 Å². The maximum absolute atomic E-state index is 12.1. The molecule has 1 atom stereocenters. The van der Waals surface area contributed by atoms with Gasteiger partial charge in [-0.15, -0.1) is 0 Å². The van der Waals surface area contributed by atoms with Crippen LogP contribution in [-0.4, -0.2) is 26.7 Å². The fraction of sp³-hybridized carbons (Fsp3) is 0.250. The van der Waals surface area contributed by atoms with Gasteiger partial charge >= 0.3 is 0 Å². The van der Waals surface area contributed by atoms with Crippen molar-refractivity contribution < 1.29 is 4.79 Å². The van der Waals surface area contributed by atoms with Crippen LogP contribution >= 0.6 is 27.5 Å². The Balaban J connectivity index is 2.02. The lowest BCUT2D eigenvalue weighted by atomic mass is 10.2. The van der Waals surface area contributed by atoms with Gasteiger partial charge in [-0.1, -0.05) is 17.7 Å². The van der Waals surface area contributed by atoms with E-state index in [0.29, 0.717) is 21.6 Å². The van der Waals surface area contributed by atoms with Crippen LogP contribution in [0.25, 0.3) is 0 Å². The molecule has 0 fully saturated rings. The quantitative estimate of drug-likeness (QED) is 0.928. The summed E-state index contributed by atoms with van der Waals surface area (Å²) in [5, 5.41) is 7.27. The highest BCUT2D eigenvalue weighted by Gasteiger charge is 2.14. The third-order valence-corrected chi connectivity index (χ3v) is 3.80. The van der Waals surface area contributed by atoms with Gasteiger partial charge in [0.25, 0.3) is 5.91 Å². The Labute approximate surface area is 124 Å². The number of amides is 1. The van der Waals surface area contributed by atoms with Crippen LogP contribution in [-0.2, 0) is 6.54 Å². The predicted molar refractivity (Wildman–Crippen MR) is 76.1 cm³/mol. The summed E-state index contributed by atoms with van der Waals surface area (Å²) < 4.78 is 2.36. The van der Waals surface area contributed by atoms with Crippen LogP contribution in [0.1, 0.15) is 17.3 Å². The summed E-state index contributed by atoms with van der Waals surface area (Å²) in [7, 11) is 0. The van der Waals surface area contributed by atoms with Gasteiger partial charge in [0.15, 0.2) is 0 Å². The summed E-state index contributed by atoms with van der Waals surface area (Å²) in [4.78, 5) is 15.9. The largest absolute Gasteiger partial charge is 0.348 e. The molecule has 1 N–H and O–H groups in total. The molecular weight excluding hydrogens is 332 g/mol. The van der Waals surface area contributed by atoms with Gasteiger partial charge in [0.1, 0.15) is 12.7 Å². The zero-order chi connectivity index (χ0) is 13.8. The monoisotopic (exact) mass is 342 g/mol. The molecule has 0 unspecified atom stereocenters. The molecule has 1 aromatic heterocycles. The van der Waals surface area contributed by atoms with Gasteiger partial charge in [0.2, 0.25) is 0 Å². The molecule has 0 spiro atoms. The number of nitrogens with zero attached hydrogens (tertiary/aromatic N) is 3. The average molecular weight is 344 g/mol. The molecule has 19 heavy (non-hydrogen) atoms. The van der Waals surface area contributed by atoms with E-state index in [-0.39, 0.29) is 11.9 Å². The molecular formula is C12H12BrClN4O. The molecule has 0 bridgehead atoms. The Morgan fingerprint density at radius 1 is 1.58 bits per heavy atom. The molecule has 0 aliphatic heterocycles. The van der Waals surface area contributed by atoms with E-state index in [1.807, 2.05) is 6.92 Å². The van der Waals surface area contributed by atoms with Crippen molar-refractivity contribution in [2.45, 2.75) is 19.5 Å².